The van der Waals surface area contributed by atoms with Crippen LogP contribution in [0.25, 0.3) is 11.0 Å². The molecule has 3 aromatic rings. The Balaban J connectivity index is 1.52. The van der Waals surface area contributed by atoms with Gasteiger partial charge >= 0.3 is 0 Å². The number of aliphatic hydroxyl groups is 1. The van der Waals surface area contributed by atoms with Crippen LogP contribution in [0.2, 0.25) is 33.3 Å². The van der Waals surface area contributed by atoms with Crippen LogP contribution in [0.4, 0.5) is 8.78 Å². The Morgan fingerprint density at radius 3 is 2.40 bits per heavy atom. The van der Waals surface area contributed by atoms with Gasteiger partial charge in [0.1, 0.15) is 48.2 Å². The highest BCUT2D eigenvalue weighted by molar-refractivity contribution is 6.74. The van der Waals surface area contributed by atoms with Crippen LogP contribution < -0.4 is 0 Å². The number of fused-ring (bicyclic) bond motifs is 2. The number of aromatic nitrogens is 3. The van der Waals surface area contributed by atoms with E-state index < -0.39 is 62.8 Å². The topological polar surface area (TPSA) is 87.9 Å². The monoisotopic (exact) mass is 663 g/mol. The summed E-state index contributed by atoms with van der Waals surface area (Å²) in [6.45, 7) is 12.3. The first-order chi connectivity index (χ1) is 19.3. The van der Waals surface area contributed by atoms with Crippen molar-refractivity contribution in [2.45, 2.75) is 95.1 Å². The molecule has 0 spiro atoms. The van der Waals surface area contributed by atoms with Gasteiger partial charge in [-0.05, 0) is 55.7 Å². The summed E-state index contributed by atoms with van der Waals surface area (Å²) in [7, 11) is -2.53. The van der Waals surface area contributed by atoms with E-state index in [0.29, 0.717) is 11.0 Å². The van der Waals surface area contributed by atoms with Crippen molar-refractivity contribution in [1.29, 1.82) is 0 Å². The third-order valence-electron chi connectivity index (χ3n) is 8.34. The van der Waals surface area contributed by atoms with Crippen LogP contribution >= 0.6 is 34.8 Å². The van der Waals surface area contributed by atoms with Gasteiger partial charge < -0.3 is 28.3 Å². The Hall–Kier alpha value is -1.41. The van der Waals surface area contributed by atoms with E-state index in [4.69, 9.17) is 53.4 Å². The zero-order chi connectivity index (χ0) is 31.0. The summed E-state index contributed by atoms with van der Waals surface area (Å²) >= 11 is 18.8. The SMILES string of the molecule is CC1(C)O[C@@H]2[C@H](O1)[C@@H](C(O)c1cc(Cl)c(Cl)cc1C(F)(F)CO[Si](C)(C)C(C)(C)C)O[C@H]2n1ccc2c(Cl)ncnc21. The van der Waals surface area contributed by atoms with Crippen molar-refractivity contribution in [3.8, 4) is 0 Å². The number of nitrogens with zero attached hydrogens (tertiary/aromatic N) is 3. The molecule has 1 aromatic carbocycles. The fraction of sp³-hybridized carbons (Fsp3) is 0.571. The van der Waals surface area contributed by atoms with E-state index in [-0.39, 0.29) is 25.8 Å². The molecule has 2 saturated heterocycles. The standard InChI is InChI=1S/C28H34Cl3F2N3O5Si/c1-26(2,3)42(6,7)38-12-28(32,33)16-11-18(30)17(29)10-15(16)19(37)20-21-22(41-27(4,5)40-21)25(39-20)36-9-8-14-23(31)34-13-35-24(14)36/h8-11,13,19-22,25,37H,12H2,1-7H3/t19?,20-,21-,22-,25-/m1/s1. The minimum absolute atomic E-state index is 0.00773. The van der Waals surface area contributed by atoms with Crippen LogP contribution in [0.3, 0.4) is 0 Å². The van der Waals surface area contributed by atoms with Gasteiger partial charge in [-0.15, -0.1) is 0 Å². The average molecular weight is 665 g/mol. The summed E-state index contributed by atoms with van der Waals surface area (Å²) in [5, 5.41) is 12.2. The molecular weight excluding hydrogens is 631 g/mol. The van der Waals surface area contributed by atoms with E-state index in [1.165, 1.54) is 12.4 Å². The minimum Gasteiger partial charge on any atom is -0.410 e. The lowest BCUT2D eigenvalue weighted by molar-refractivity contribution is -0.207. The maximum Gasteiger partial charge on any atom is 0.295 e. The van der Waals surface area contributed by atoms with Gasteiger partial charge in [0.05, 0.1) is 15.4 Å². The molecule has 5 rings (SSSR count). The smallest absolute Gasteiger partial charge is 0.295 e. The second-order valence-corrected chi connectivity index (χ2v) is 18.7. The summed E-state index contributed by atoms with van der Waals surface area (Å²) in [6, 6.07) is 4.06. The van der Waals surface area contributed by atoms with Gasteiger partial charge in [-0.25, -0.2) is 9.97 Å². The molecule has 42 heavy (non-hydrogen) atoms. The molecule has 0 saturated carbocycles. The molecule has 4 heterocycles. The highest BCUT2D eigenvalue weighted by atomic mass is 35.5. The molecule has 2 aliphatic rings. The summed E-state index contributed by atoms with van der Waals surface area (Å²) < 4.78 is 58.2. The van der Waals surface area contributed by atoms with E-state index in [1.807, 2.05) is 33.9 Å². The van der Waals surface area contributed by atoms with Crippen LogP contribution in [-0.4, -0.2) is 58.7 Å². The summed E-state index contributed by atoms with van der Waals surface area (Å²) in [4.78, 5) is 8.35. The van der Waals surface area contributed by atoms with Crippen molar-refractivity contribution < 1.29 is 32.5 Å². The predicted octanol–water partition coefficient (Wildman–Crippen LogP) is 7.66. The normalized spacial score (nSPS) is 25.3. The predicted molar refractivity (Wildman–Crippen MR) is 159 cm³/mol. The molecule has 0 bridgehead atoms. The van der Waals surface area contributed by atoms with E-state index in [9.17, 15) is 5.11 Å². The molecule has 0 aliphatic carbocycles. The van der Waals surface area contributed by atoms with Gasteiger partial charge in [0.2, 0.25) is 0 Å². The fourth-order valence-corrected chi connectivity index (χ4v) is 6.60. The molecule has 0 amide bonds. The largest absolute Gasteiger partial charge is 0.410 e. The zero-order valence-electron chi connectivity index (χ0n) is 24.3. The van der Waals surface area contributed by atoms with Gasteiger partial charge in [-0.3, -0.25) is 0 Å². The average Bonchev–Trinajstić information content (AvgIpc) is 3.54. The van der Waals surface area contributed by atoms with Crippen molar-refractivity contribution in [3.05, 3.63) is 57.0 Å². The molecule has 1 N–H and O–H groups in total. The Labute approximate surface area is 259 Å². The Morgan fingerprint density at radius 1 is 1.10 bits per heavy atom. The van der Waals surface area contributed by atoms with Crippen molar-refractivity contribution in [3.63, 3.8) is 0 Å². The number of ether oxygens (including phenoxy) is 3. The van der Waals surface area contributed by atoms with Crippen LogP contribution in [0, 0.1) is 0 Å². The van der Waals surface area contributed by atoms with Gasteiger partial charge in [-0.1, -0.05) is 55.6 Å². The van der Waals surface area contributed by atoms with E-state index in [2.05, 4.69) is 9.97 Å². The van der Waals surface area contributed by atoms with Crippen LogP contribution in [0.1, 0.15) is 58.1 Å². The lowest BCUT2D eigenvalue weighted by Crippen LogP contribution is -2.43. The highest BCUT2D eigenvalue weighted by Crippen LogP contribution is 2.49. The number of hydrogen-bond acceptors (Lipinski definition) is 7. The maximum absolute atomic E-state index is 16.0. The molecular formula is C28H34Cl3F2N3O5Si. The fourth-order valence-electron chi connectivity index (χ4n) is 5.10. The maximum atomic E-state index is 16.0. The van der Waals surface area contributed by atoms with Crippen LogP contribution in [0.5, 0.6) is 0 Å². The number of alkyl halides is 2. The first-order valence-electron chi connectivity index (χ1n) is 13.5. The first-order valence-corrected chi connectivity index (χ1v) is 17.5. The van der Waals surface area contributed by atoms with E-state index >= 15 is 8.78 Å². The number of rotatable bonds is 7. The molecule has 2 aliphatic heterocycles. The molecule has 2 fully saturated rings. The molecule has 230 valence electrons. The van der Waals surface area contributed by atoms with Crippen molar-refractivity contribution in [1.82, 2.24) is 14.5 Å². The number of aliphatic hydroxyl groups excluding tert-OH is 1. The van der Waals surface area contributed by atoms with Gasteiger partial charge in [0.15, 0.2) is 20.3 Å². The van der Waals surface area contributed by atoms with Crippen LogP contribution in [0.15, 0.2) is 30.7 Å². The molecule has 1 unspecified atom stereocenters. The Bertz CT molecular complexity index is 1500. The summed E-state index contributed by atoms with van der Waals surface area (Å²) in [6.07, 6.45) is -2.03. The number of halogens is 5. The molecule has 14 heteroatoms. The van der Waals surface area contributed by atoms with Gasteiger partial charge in [0, 0.05) is 11.8 Å². The van der Waals surface area contributed by atoms with Crippen molar-refractivity contribution >= 4 is 54.2 Å². The Morgan fingerprint density at radius 2 is 1.74 bits per heavy atom. The quantitative estimate of drug-likeness (QED) is 0.205. The van der Waals surface area contributed by atoms with E-state index in [0.717, 1.165) is 6.07 Å². The minimum atomic E-state index is -3.51. The molecule has 0 radical (unpaired) electrons. The van der Waals surface area contributed by atoms with Crippen molar-refractivity contribution in [2.75, 3.05) is 6.61 Å². The number of benzene rings is 1. The van der Waals surface area contributed by atoms with Crippen LogP contribution in [-0.2, 0) is 24.6 Å². The highest BCUT2D eigenvalue weighted by Gasteiger charge is 2.58. The lowest BCUT2D eigenvalue weighted by Gasteiger charge is -2.37. The zero-order valence-corrected chi connectivity index (χ0v) is 27.6. The van der Waals surface area contributed by atoms with E-state index in [1.54, 1.807) is 30.7 Å². The summed E-state index contributed by atoms with van der Waals surface area (Å²) in [5.74, 6) is -4.54. The third-order valence-corrected chi connectivity index (χ3v) is 13.8. The van der Waals surface area contributed by atoms with Gasteiger partial charge in [0.25, 0.3) is 5.92 Å². The summed E-state index contributed by atoms with van der Waals surface area (Å²) in [5.41, 5.74) is -0.170. The molecule has 5 atom stereocenters. The third kappa shape index (κ3) is 5.72. The second kappa shape index (κ2) is 10.9. The second-order valence-electron chi connectivity index (χ2n) is 12.7. The Kier molecular flexibility index (Phi) is 8.29. The molecule has 2 aromatic heterocycles. The first kappa shape index (κ1) is 32.0. The van der Waals surface area contributed by atoms with Gasteiger partial charge in [-0.2, -0.15) is 8.78 Å². The molecule has 8 nitrogen and oxygen atoms in total. The number of hydrogen-bond donors (Lipinski definition) is 1. The lowest BCUT2D eigenvalue weighted by atomic mass is 9.92. The van der Waals surface area contributed by atoms with Crippen molar-refractivity contribution in [2.24, 2.45) is 0 Å².